The van der Waals surface area contributed by atoms with E-state index in [1.54, 1.807) is 12.3 Å². The topological polar surface area (TPSA) is 54.7 Å². The zero-order valence-electron chi connectivity index (χ0n) is 11.3. The fraction of sp³-hybridized carbons (Fsp3) is 0.400. The number of imidazole rings is 1. The van der Waals surface area contributed by atoms with Crippen molar-refractivity contribution in [2.24, 2.45) is 5.73 Å². The van der Waals surface area contributed by atoms with Crippen LogP contribution in [0.1, 0.15) is 31.5 Å². The van der Waals surface area contributed by atoms with E-state index in [2.05, 4.69) is 25.9 Å². The van der Waals surface area contributed by atoms with Crippen molar-refractivity contribution in [3.63, 3.8) is 0 Å². The first kappa shape index (κ1) is 15.2. The molecule has 1 aromatic heterocycles. The van der Waals surface area contributed by atoms with E-state index in [4.69, 9.17) is 5.73 Å². The summed E-state index contributed by atoms with van der Waals surface area (Å²) in [6.45, 7) is 0.758. The molecular formula is C15H19BrFN3. The first-order valence-electron chi connectivity index (χ1n) is 6.90. The second-order valence-electron chi connectivity index (χ2n) is 4.82. The Kier molecular flexibility index (Phi) is 5.73. The summed E-state index contributed by atoms with van der Waals surface area (Å²) >= 11 is 3.25. The van der Waals surface area contributed by atoms with Crippen molar-refractivity contribution in [2.45, 2.75) is 32.1 Å². The van der Waals surface area contributed by atoms with Crippen LogP contribution in [-0.4, -0.2) is 16.5 Å². The predicted octanol–water partition coefficient (Wildman–Crippen LogP) is 4.04. The standard InChI is InChI=1S/C15H19BrFN3/c16-11-6-7-12(13(17)9-11)14-10-19-15(20-14)5-3-1-2-4-8-18/h6-7,9-10H,1-5,8,18H2,(H,19,20). The summed E-state index contributed by atoms with van der Waals surface area (Å²) in [5.41, 5.74) is 6.74. The molecule has 2 rings (SSSR count). The maximum Gasteiger partial charge on any atom is 0.133 e. The molecule has 2 aromatic rings. The largest absolute Gasteiger partial charge is 0.342 e. The molecule has 1 aromatic carbocycles. The van der Waals surface area contributed by atoms with Gasteiger partial charge in [0, 0.05) is 16.5 Å². The minimum atomic E-state index is -0.252. The van der Waals surface area contributed by atoms with Gasteiger partial charge in [0.15, 0.2) is 0 Å². The highest BCUT2D eigenvalue weighted by atomic mass is 79.9. The maximum atomic E-state index is 13.8. The maximum absolute atomic E-state index is 13.8. The van der Waals surface area contributed by atoms with Crippen molar-refractivity contribution in [1.29, 1.82) is 0 Å². The number of nitrogens with one attached hydrogen (secondary N) is 1. The summed E-state index contributed by atoms with van der Waals surface area (Å²) in [5.74, 6) is 0.660. The zero-order valence-corrected chi connectivity index (χ0v) is 12.9. The van der Waals surface area contributed by atoms with Gasteiger partial charge in [-0.1, -0.05) is 28.8 Å². The molecule has 0 bridgehead atoms. The molecule has 0 aliphatic rings. The lowest BCUT2D eigenvalue weighted by molar-refractivity contribution is 0.629. The molecule has 0 saturated carbocycles. The first-order valence-corrected chi connectivity index (χ1v) is 7.69. The van der Waals surface area contributed by atoms with Crippen LogP contribution in [-0.2, 0) is 6.42 Å². The third-order valence-electron chi connectivity index (χ3n) is 3.22. The average molecular weight is 340 g/mol. The molecule has 0 fully saturated rings. The highest BCUT2D eigenvalue weighted by Gasteiger charge is 2.08. The van der Waals surface area contributed by atoms with E-state index in [9.17, 15) is 4.39 Å². The van der Waals surface area contributed by atoms with Gasteiger partial charge in [-0.25, -0.2) is 9.37 Å². The molecule has 0 aliphatic heterocycles. The van der Waals surface area contributed by atoms with Gasteiger partial charge >= 0.3 is 0 Å². The van der Waals surface area contributed by atoms with E-state index in [1.165, 1.54) is 6.07 Å². The van der Waals surface area contributed by atoms with E-state index in [0.717, 1.165) is 54.6 Å². The van der Waals surface area contributed by atoms with Crippen molar-refractivity contribution in [2.75, 3.05) is 6.54 Å². The molecule has 0 radical (unpaired) electrons. The Morgan fingerprint density at radius 2 is 2.00 bits per heavy atom. The number of nitrogens with zero attached hydrogens (tertiary/aromatic N) is 1. The lowest BCUT2D eigenvalue weighted by atomic mass is 10.1. The van der Waals surface area contributed by atoms with E-state index in [-0.39, 0.29) is 5.82 Å². The molecular weight excluding hydrogens is 321 g/mol. The number of benzene rings is 1. The summed E-state index contributed by atoms with van der Waals surface area (Å²) in [6, 6.07) is 5.03. The van der Waals surface area contributed by atoms with E-state index in [1.807, 2.05) is 6.07 Å². The number of unbranched alkanes of at least 4 members (excludes halogenated alkanes) is 3. The Labute approximate surface area is 126 Å². The summed E-state index contributed by atoms with van der Waals surface area (Å²) in [7, 11) is 0. The fourth-order valence-corrected chi connectivity index (χ4v) is 2.46. The summed E-state index contributed by atoms with van der Waals surface area (Å²) in [6.07, 6.45) is 7.05. The van der Waals surface area contributed by atoms with Crippen LogP contribution in [0.3, 0.4) is 0 Å². The van der Waals surface area contributed by atoms with Gasteiger partial charge in [-0.15, -0.1) is 0 Å². The second-order valence-corrected chi connectivity index (χ2v) is 5.74. The molecule has 5 heteroatoms. The van der Waals surface area contributed by atoms with Gasteiger partial charge in [0.25, 0.3) is 0 Å². The number of hydrogen-bond donors (Lipinski definition) is 2. The van der Waals surface area contributed by atoms with Gasteiger partial charge in [0.1, 0.15) is 11.6 Å². The minimum absolute atomic E-state index is 0.252. The number of nitrogens with two attached hydrogens (primary N) is 1. The van der Waals surface area contributed by atoms with Crippen molar-refractivity contribution in [1.82, 2.24) is 9.97 Å². The Bertz CT molecular complexity index is 554. The van der Waals surface area contributed by atoms with Gasteiger partial charge in [-0.05, 0) is 37.6 Å². The van der Waals surface area contributed by atoms with Gasteiger partial charge in [-0.2, -0.15) is 0 Å². The Morgan fingerprint density at radius 3 is 2.75 bits per heavy atom. The second kappa shape index (κ2) is 7.55. The van der Waals surface area contributed by atoms with Crippen LogP contribution in [0, 0.1) is 5.82 Å². The first-order chi connectivity index (χ1) is 9.70. The molecule has 0 aliphatic carbocycles. The summed E-state index contributed by atoms with van der Waals surface area (Å²) in [4.78, 5) is 7.50. The van der Waals surface area contributed by atoms with Gasteiger partial charge in [0.2, 0.25) is 0 Å². The number of aromatic nitrogens is 2. The number of aryl methyl sites for hydroxylation is 1. The Morgan fingerprint density at radius 1 is 1.20 bits per heavy atom. The predicted molar refractivity (Wildman–Crippen MR) is 82.9 cm³/mol. The SMILES string of the molecule is NCCCCCCc1ncc(-c2ccc(Br)cc2F)[nH]1. The van der Waals surface area contributed by atoms with Crippen LogP contribution in [0.2, 0.25) is 0 Å². The van der Waals surface area contributed by atoms with Gasteiger partial charge in [-0.3, -0.25) is 0 Å². The summed E-state index contributed by atoms with van der Waals surface area (Å²) in [5, 5.41) is 0. The minimum Gasteiger partial charge on any atom is -0.342 e. The van der Waals surface area contributed by atoms with Crippen LogP contribution >= 0.6 is 15.9 Å². The van der Waals surface area contributed by atoms with Crippen LogP contribution in [0.25, 0.3) is 11.3 Å². The van der Waals surface area contributed by atoms with Gasteiger partial charge in [0.05, 0.1) is 11.9 Å². The van der Waals surface area contributed by atoms with Crippen molar-refractivity contribution in [3.05, 3.63) is 40.5 Å². The van der Waals surface area contributed by atoms with Crippen molar-refractivity contribution >= 4 is 15.9 Å². The molecule has 0 amide bonds. The normalized spacial score (nSPS) is 10.9. The lowest BCUT2D eigenvalue weighted by Crippen LogP contribution is -1.98. The van der Waals surface area contributed by atoms with Gasteiger partial charge < -0.3 is 10.7 Å². The number of rotatable bonds is 7. The molecule has 0 spiro atoms. The third kappa shape index (κ3) is 4.15. The quantitative estimate of drug-likeness (QED) is 0.748. The van der Waals surface area contributed by atoms with Crippen LogP contribution in [0.15, 0.2) is 28.9 Å². The van der Waals surface area contributed by atoms with Crippen LogP contribution < -0.4 is 5.73 Å². The summed E-state index contributed by atoms with van der Waals surface area (Å²) < 4.78 is 14.6. The van der Waals surface area contributed by atoms with E-state index in [0.29, 0.717) is 5.56 Å². The zero-order chi connectivity index (χ0) is 14.4. The molecule has 20 heavy (non-hydrogen) atoms. The fourth-order valence-electron chi connectivity index (χ4n) is 2.12. The van der Waals surface area contributed by atoms with Crippen LogP contribution in [0.4, 0.5) is 4.39 Å². The lowest BCUT2D eigenvalue weighted by Gasteiger charge is -2.01. The highest BCUT2D eigenvalue weighted by Crippen LogP contribution is 2.24. The highest BCUT2D eigenvalue weighted by molar-refractivity contribution is 9.10. The molecule has 1 heterocycles. The number of hydrogen-bond acceptors (Lipinski definition) is 2. The van der Waals surface area contributed by atoms with E-state index < -0.39 is 0 Å². The molecule has 0 saturated heterocycles. The Hall–Kier alpha value is -1.20. The van der Waals surface area contributed by atoms with Crippen LogP contribution in [0.5, 0.6) is 0 Å². The number of H-pyrrole nitrogens is 1. The van der Waals surface area contributed by atoms with E-state index >= 15 is 0 Å². The number of halogens is 2. The smallest absolute Gasteiger partial charge is 0.133 e. The Balaban J connectivity index is 1.95. The monoisotopic (exact) mass is 339 g/mol. The van der Waals surface area contributed by atoms with Crippen molar-refractivity contribution < 1.29 is 4.39 Å². The number of aromatic amines is 1. The molecule has 0 atom stereocenters. The molecule has 3 N–H and O–H groups in total. The third-order valence-corrected chi connectivity index (χ3v) is 3.71. The van der Waals surface area contributed by atoms with Crippen molar-refractivity contribution in [3.8, 4) is 11.3 Å². The molecule has 3 nitrogen and oxygen atoms in total. The molecule has 0 unspecified atom stereocenters. The average Bonchev–Trinajstić information content (AvgIpc) is 2.87. The molecule has 108 valence electrons.